The van der Waals surface area contributed by atoms with Crippen LogP contribution in [0, 0.1) is 5.92 Å². The van der Waals surface area contributed by atoms with E-state index in [9.17, 15) is 4.79 Å². The molecule has 3 N–H and O–H groups in total. The van der Waals surface area contributed by atoms with Crippen molar-refractivity contribution in [1.82, 2.24) is 4.37 Å². The minimum atomic E-state index is -0.220. The molecule has 2 aromatic carbocycles. The molecule has 3 rings (SSSR count). The van der Waals surface area contributed by atoms with Crippen LogP contribution in [0.2, 0.25) is 0 Å². The third kappa shape index (κ3) is 6.36. The SMILES string of the molecule is COc1ccc(-c2csnc2-c2cc(OC)c(OC)c(OC)c2)cc1NC(=O)CC(N)C(C)C.Cl. The Hall–Kier alpha value is -3.01. The largest absolute Gasteiger partial charge is 0.495 e. The average Bonchev–Trinajstić information content (AvgIpc) is 3.32. The monoisotopic (exact) mass is 521 g/mol. The number of nitrogens with one attached hydrogen (secondary N) is 1. The smallest absolute Gasteiger partial charge is 0.226 e. The van der Waals surface area contributed by atoms with Gasteiger partial charge in [-0.1, -0.05) is 19.9 Å². The van der Waals surface area contributed by atoms with Crippen LogP contribution < -0.4 is 30.0 Å². The number of halogens is 1. The molecule has 0 aliphatic rings. The van der Waals surface area contributed by atoms with Crippen molar-refractivity contribution in [1.29, 1.82) is 0 Å². The van der Waals surface area contributed by atoms with Crippen molar-refractivity contribution in [2.24, 2.45) is 11.7 Å². The molecule has 0 saturated carbocycles. The van der Waals surface area contributed by atoms with Crippen molar-refractivity contribution in [3.63, 3.8) is 0 Å². The molecule has 8 nitrogen and oxygen atoms in total. The van der Waals surface area contributed by atoms with Crippen LogP contribution in [-0.4, -0.2) is 44.8 Å². The van der Waals surface area contributed by atoms with E-state index in [-0.39, 0.29) is 36.7 Å². The van der Waals surface area contributed by atoms with E-state index in [2.05, 4.69) is 9.69 Å². The molecule has 0 radical (unpaired) electrons. The second-order valence-electron chi connectivity index (χ2n) is 8.07. The Labute approximate surface area is 216 Å². The Bertz CT molecular complexity index is 1130. The van der Waals surface area contributed by atoms with E-state index in [0.29, 0.717) is 28.7 Å². The van der Waals surface area contributed by atoms with Gasteiger partial charge in [0.25, 0.3) is 0 Å². The molecule has 0 aliphatic carbocycles. The molecule has 10 heteroatoms. The van der Waals surface area contributed by atoms with Crippen molar-refractivity contribution >= 4 is 35.5 Å². The average molecular weight is 522 g/mol. The van der Waals surface area contributed by atoms with Gasteiger partial charge in [0.2, 0.25) is 11.7 Å². The van der Waals surface area contributed by atoms with E-state index in [4.69, 9.17) is 24.7 Å². The maximum Gasteiger partial charge on any atom is 0.226 e. The Morgan fingerprint density at radius 3 is 2.14 bits per heavy atom. The van der Waals surface area contributed by atoms with Gasteiger partial charge in [-0.15, -0.1) is 12.4 Å². The van der Waals surface area contributed by atoms with Crippen molar-refractivity contribution in [3.05, 3.63) is 35.7 Å². The van der Waals surface area contributed by atoms with E-state index in [1.165, 1.54) is 11.5 Å². The van der Waals surface area contributed by atoms with Crippen LogP contribution >= 0.6 is 23.9 Å². The summed E-state index contributed by atoms with van der Waals surface area (Å²) < 4.78 is 26.5. The number of rotatable bonds is 10. The van der Waals surface area contributed by atoms with Crippen LogP contribution in [0.3, 0.4) is 0 Å². The molecule has 0 fully saturated rings. The molecule has 0 bridgehead atoms. The van der Waals surface area contributed by atoms with Gasteiger partial charge in [0, 0.05) is 29.0 Å². The fourth-order valence-electron chi connectivity index (χ4n) is 3.49. The summed E-state index contributed by atoms with van der Waals surface area (Å²) in [5.41, 5.74) is 9.99. The van der Waals surface area contributed by atoms with Gasteiger partial charge < -0.3 is 30.0 Å². The quantitative estimate of drug-likeness (QED) is 0.375. The molecule has 1 atom stereocenters. The van der Waals surface area contributed by atoms with Gasteiger partial charge in [-0.2, -0.15) is 4.37 Å². The molecule has 3 aromatic rings. The van der Waals surface area contributed by atoms with Gasteiger partial charge in [-0.05, 0) is 47.3 Å². The van der Waals surface area contributed by atoms with Crippen molar-refractivity contribution in [2.45, 2.75) is 26.3 Å². The summed E-state index contributed by atoms with van der Waals surface area (Å²) in [6, 6.07) is 9.13. The van der Waals surface area contributed by atoms with Crippen LogP contribution in [0.5, 0.6) is 23.0 Å². The summed E-state index contributed by atoms with van der Waals surface area (Å²) in [5.74, 6) is 2.20. The second-order valence-corrected chi connectivity index (χ2v) is 8.70. The van der Waals surface area contributed by atoms with E-state index in [1.807, 2.05) is 49.6 Å². The van der Waals surface area contributed by atoms with Gasteiger partial charge in [-0.25, -0.2) is 0 Å². The number of hydrogen-bond acceptors (Lipinski definition) is 8. The fourth-order valence-corrected chi connectivity index (χ4v) is 4.21. The Kier molecular flexibility index (Phi) is 10.2. The summed E-state index contributed by atoms with van der Waals surface area (Å²) in [6.07, 6.45) is 0.224. The molecular weight excluding hydrogens is 490 g/mol. The third-order valence-corrected chi connectivity index (χ3v) is 6.20. The number of anilines is 1. The molecular formula is C25H32ClN3O5S. The molecule has 1 unspecified atom stereocenters. The third-order valence-electron chi connectivity index (χ3n) is 5.57. The summed E-state index contributed by atoms with van der Waals surface area (Å²) in [6.45, 7) is 3.99. The van der Waals surface area contributed by atoms with E-state index in [0.717, 1.165) is 22.4 Å². The number of benzene rings is 2. The summed E-state index contributed by atoms with van der Waals surface area (Å²) in [7, 11) is 6.28. The number of aromatic nitrogens is 1. The first-order chi connectivity index (χ1) is 16.3. The number of nitrogens with two attached hydrogens (primary N) is 1. The zero-order chi connectivity index (χ0) is 24.8. The highest BCUT2D eigenvalue weighted by Gasteiger charge is 2.20. The van der Waals surface area contributed by atoms with Gasteiger partial charge in [0.15, 0.2) is 11.5 Å². The highest BCUT2D eigenvalue weighted by Crippen LogP contribution is 2.44. The summed E-state index contributed by atoms with van der Waals surface area (Å²) >= 11 is 1.34. The number of amides is 1. The number of ether oxygens (including phenoxy) is 4. The molecule has 0 aliphatic heterocycles. The van der Waals surface area contributed by atoms with Crippen LogP contribution in [0.4, 0.5) is 5.69 Å². The Balaban J connectivity index is 0.00000432. The lowest BCUT2D eigenvalue weighted by molar-refractivity contribution is -0.116. The van der Waals surface area contributed by atoms with E-state index < -0.39 is 0 Å². The van der Waals surface area contributed by atoms with Gasteiger partial charge in [0.1, 0.15) is 5.75 Å². The number of hydrogen-bond donors (Lipinski definition) is 2. The summed E-state index contributed by atoms with van der Waals surface area (Å²) in [5, 5.41) is 4.90. The van der Waals surface area contributed by atoms with Crippen LogP contribution in [0.15, 0.2) is 35.7 Å². The fraction of sp³-hybridized carbons (Fsp3) is 0.360. The topological polar surface area (TPSA) is 105 Å². The number of carbonyl (C=O) groups is 1. The highest BCUT2D eigenvalue weighted by molar-refractivity contribution is 7.04. The maximum atomic E-state index is 12.6. The lowest BCUT2D eigenvalue weighted by Crippen LogP contribution is -2.31. The number of methoxy groups -OCH3 is 4. The minimum Gasteiger partial charge on any atom is -0.495 e. The standard InChI is InChI=1S/C25H31N3O5S.ClH/c1-14(2)18(26)12-23(29)27-19-9-15(7-8-20(19)30-3)17-13-34-28-24(17)16-10-21(31-4)25(33-6)22(11-16)32-5;/h7-11,13-14,18H,12,26H2,1-6H3,(H,27,29);1H. The predicted octanol–water partition coefficient (Wildman–Crippen LogP) is 5.25. The van der Waals surface area contributed by atoms with Gasteiger partial charge in [0.05, 0.1) is 39.8 Å². The lowest BCUT2D eigenvalue weighted by atomic mass is 10.00. The normalized spacial score (nSPS) is 11.4. The molecule has 190 valence electrons. The summed E-state index contributed by atoms with van der Waals surface area (Å²) in [4.78, 5) is 12.6. The first-order valence-electron chi connectivity index (χ1n) is 10.8. The molecule has 0 spiro atoms. The number of carbonyl (C=O) groups excluding carboxylic acids is 1. The lowest BCUT2D eigenvalue weighted by Gasteiger charge is -2.17. The van der Waals surface area contributed by atoms with Crippen LogP contribution in [0.1, 0.15) is 20.3 Å². The molecule has 35 heavy (non-hydrogen) atoms. The molecule has 0 saturated heterocycles. The first kappa shape index (κ1) is 28.2. The first-order valence-corrected chi connectivity index (χ1v) is 11.6. The Morgan fingerprint density at radius 2 is 1.60 bits per heavy atom. The van der Waals surface area contributed by atoms with Crippen molar-refractivity contribution in [3.8, 4) is 45.4 Å². The number of nitrogens with zero attached hydrogens (tertiary/aromatic N) is 1. The zero-order valence-corrected chi connectivity index (χ0v) is 22.3. The highest BCUT2D eigenvalue weighted by atomic mass is 35.5. The molecule has 1 amide bonds. The predicted molar refractivity (Wildman–Crippen MR) is 143 cm³/mol. The van der Waals surface area contributed by atoms with Crippen molar-refractivity contribution < 1.29 is 23.7 Å². The van der Waals surface area contributed by atoms with E-state index >= 15 is 0 Å². The van der Waals surface area contributed by atoms with Crippen LogP contribution in [0.25, 0.3) is 22.4 Å². The molecule has 1 aromatic heterocycles. The second kappa shape index (κ2) is 12.6. The zero-order valence-electron chi connectivity index (χ0n) is 20.7. The van der Waals surface area contributed by atoms with E-state index in [1.54, 1.807) is 28.4 Å². The van der Waals surface area contributed by atoms with Crippen molar-refractivity contribution in [2.75, 3.05) is 33.8 Å². The van der Waals surface area contributed by atoms with Gasteiger partial charge in [-0.3, -0.25) is 4.79 Å². The molecule has 1 heterocycles. The Morgan fingerprint density at radius 1 is 0.971 bits per heavy atom. The minimum absolute atomic E-state index is 0. The van der Waals surface area contributed by atoms with Gasteiger partial charge >= 0.3 is 0 Å². The maximum absolute atomic E-state index is 12.6. The van der Waals surface area contributed by atoms with Crippen LogP contribution in [-0.2, 0) is 4.79 Å².